The molecule has 0 aliphatic heterocycles. The summed E-state index contributed by atoms with van der Waals surface area (Å²) in [5, 5.41) is 5.86. The van der Waals surface area contributed by atoms with E-state index >= 15 is 0 Å². The molecular formula is C21H18ClFN4O2S. The number of carbonyl (C=O) groups is 2. The van der Waals surface area contributed by atoms with Crippen LogP contribution in [0.5, 0.6) is 0 Å². The minimum absolute atomic E-state index is 0.0105. The number of hydrogen-bond donors (Lipinski definition) is 2. The van der Waals surface area contributed by atoms with Crippen molar-refractivity contribution in [3.8, 4) is 0 Å². The Bertz CT molecular complexity index is 1030. The lowest BCUT2D eigenvalue weighted by atomic mass is 10.0. The highest BCUT2D eigenvalue weighted by molar-refractivity contribution is 7.98. The Morgan fingerprint density at radius 1 is 1.13 bits per heavy atom. The van der Waals surface area contributed by atoms with Gasteiger partial charge >= 0.3 is 0 Å². The number of aromatic nitrogens is 2. The molecule has 2 amide bonds. The molecule has 0 bridgehead atoms. The Morgan fingerprint density at radius 2 is 1.83 bits per heavy atom. The zero-order valence-corrected chi connectivity index (χ0v) is 17.5. The van der Waals surface area contributed by atoms with Crippen molar-refractivity contribution >= 4 is 40.9 Å². The van der Waals surface area contributed by atoms with Crippen LogP contribution in [0, 0.1) is 5.82 Å². The molecule has 0 saturated heterocycles. The minimum Gasteiger partial charge on any atom is -0.338 e. The van der Waals surface area contributed by atoms with Crippen LogP contribution in [0.15, 0.2) is 66.0 Å². The van der Waals surface area contributed by atoms with E-state index in [2.05, 4.69) is 20.6 Å². The van der Waals surface area contributed by atoms with Gasteiger partial charge in [-0.15, -0.1) is 0 Å². The molecule has 0 aliphatic rings. The summed E-state index contributed by atoms with van der Waals surface area (Å²) >= 11 is 7.35. The third-order valence-corrected chi connectivity index (χ3v) is 4.97. The standard InChI is InChI=1S/C21H18ClFN4O2S/c1-30-21-24-12-16(22)18(27-21)20(29)26-17(11-13-5-3-2-4-6-13)19(28)25-15-9-7-14(23)8-10-15/h2-10,12,17H,11H2,1H3,(H,25,28)(H,26,29)/t17-/m1/s1. The number of carbonyl (C=O) groups excluding carboxylic acids is 2. The summed E-state index contributed by atoms with van der Waals surface area (Å²) in [7, 11) is 0. The smallest absolute Gasteiger partial charge is 0.272 e. The van der Waals surface area contributed by atoms with Crippen LogP contribution in [-0.4, -0.2) is 34.1 Å². The SMILES string of the molecule is CSc1ncc(Cl)c(C(=O)N[C@H](Cc2ccccc2)C(=O)Nc2ccc(F)cc2)n1. The zero-order chi connectivity index (χ0) is 21.5. The Labute approximate surface area is 182 Å². The molecule has 0 spiro atoms. The first kappa shape index (κ1) is 21.7. The second kappa shape index (κ2) is 10.2. The number of thioether (sulfide) groups is 1. The van der Waals surface area contributed by atoms with E-state index in [0.29, 0.717) is 10.8 Å². The molecule has 6 nitrogen and oxygen atoms in total. The van der Waals surface area contributed by atoms with E-state index in [9.17, 15) is 14.0 Å². The second-order valence-corrected chi connectivity index (χ2v) is 7.45. The van der Waals surface area contributed by atoms with Gasteiger partial charge in [-0.2, -0.15) is 0 Å². The Hall–Kier alpha value is -2.97. The lowest BCUT2D eigenvalue weighted by Gasteiger charge is -2.19. The number of nitrogens with zero attached hydrogens (tertiary/aromatic N) is 2. The lowest BCUT2D eigenvalue weighted by molar-refractivity contribution is -0.118. The summed E-state index contributed by atoms with van der Waals surface area (Å²) in [4.78, 5) is 33.9. The maximum atomic E-state index is 13.1. The predicted octanol–water partition coefficient (Wildman–Crippen LogP) is 3.97. The van der Waals surface area contributed by atoms with Crippen LogP contribution in [0.25, 0.3) is 0 Å². The van der Waals surface area contributed by atoms with Crippen molar-refractivity contribution in [1.82, 2.24) is 15.3 Å². The average Bonchev–Trinajstić information content (AvgIpc) is 2.76. The van der Waals surface area contributed by atoms with Gasteiger partial charge in [-0.3, -0.25) is 9.59 Å². The molecule has 0 radical (unpaired) electrons. The maximum Gasteiger partial charge on any atom is 0.272 e. The van der Waals surface area contributed by atoms with Gasteiger partial charge in [0.05, 0.1) is 11.2 Å². The van der Waals surface area contributed by atoms with Crippen LogP contribution in [0.1, 0.15) is 16.1 Å². The molecule has 0 fully saturated rings. The number of benzene rings is 2. The number of nitrogens with one attached hydrogen (secondary N) is 2. The Kier molecular flexibility index (Phi) is 7.37. The van der Waals surface area contributed by atoms with E-state index in [1.54, 1.807) is 6.26 Å². The Balaban J connectivity index is 1.82. The normalized spacial score (nSPS) is 11.6. The zero-order valence-electron chi connectivity index (χ0n) is 15.9. The third kappa shape index (κ3) is 5.77. The number of amides is 2. The van der Waals surface area contributed by atoms with Crippen molar-refractivity contribution in [1.29, 1.82) is 0 Å². The summed E-state index contributed by atoms with van der Waals surface area (Å²) < 4.78 is 13.1. The quantitative estimate of drug-likeness (QED) is 0.425. The topological polar surface area (TPSA) is 84.0 Å². The van der Waals surface area contributed by atoms with Crippen molar-refractivity contribution in [3.05, 3.63) is 82.9 Å². The second-order valence-electron chi connectivity index (χ2n) is 6.27. The molecule has 3 rings (SSSR count). The summed E-state index contributed by atoms with van der Waals surface area (Å²) in [5.74, 6) is -1.45. The highest BCUT2D eigenvalue weighted by atomic mass is 35.5. The molecule has 9 heteroatoms. The monoisotopic (exact) mass is 444 g/mol. The number of hydrogen-bond acceptors (Lipinski definition) is 5. The van der Waals surface area contributed by atoms with Gasteiger partial charge < -0.3 is 10.6 Å². The molecule has 0 aliphatic carbocycles. The van der Waals surface area contributed by atoms with E-state index < -0.39 is 23.7 Å². The van der Waals surface area contributed by atoms with Crippen molar-refractivity contribution < 1.29 is 14.0 Å². The van der Waals surface area contributed by atoms with E-state index in [1.165, 1.54) is 42.2 Å². The molecule has 154 valence electrons. The fourth-order valence-electron chi connectivity index (χ4n) is 2.66. The maximum absolute atomic E-state index is 13.1. The molecule has 1 aromatic heterocycles. The van der Waals surface area contributed by atoms with Crippen molar-refractivity contribution in [2.24, 2.45) is 0 Å². The Morgan fingerprint density at radius 3 is 2.50 bits per heavy atom. The fourth-order valence-corrected chi connectivity index (χ4v) is 3.17. The molecule has 2 N–H and O–H groups in total. The van der Waals surface area contributed by atoms with Crippen LogP contribution in [0.3, 0.4) is 0 Å². The first-order valence-corrected chi connectivity index (χ1v) is 10.5. The molecule has 0 saturated carbocycles. The van der Waals surface area contributed by atoms with Gasteiger partial charge in [0.1, 0.15) is 11.9 Å². The van der Waals surface area contributed by atoms with E-state index in [-0.39, 0.29) is 17.1 Å². The molecule has 2 aromatic carbocycles. The van der Waals surface area contributed by atoms with Gasteiger partial charge in [0.15, 0.2) is 10.9 Å². The van der Waals surface area contributed by atoms with E-state index in [4.69, 9.17) is 11.6 Å². The highest BCUT2D eigenvalue weighted by Crippen LogP contribution is 2.17. The third-order valence-electron chi connectivity index (χ3n) is 4.14. The van der Waals surface area contributed by atoms with Gasteiger partial charge in [-0.25, -0.2) is 14.4 Å². The van der Waals surface area contributed by atoms with Crippen molar-refractivity contribution in [3.63, 3.8) is 0 Å². The number of anilines is 1. The molecule has 3 aromatic rings. The van der Waals surface area contributed by atoms with Gasteiger partial charge in [0, 0.05) is 12.1 Å². The van der Waals surface area contributed by atoms with Crippen molar-refractivity contribution in [2.45, 2.75) is 17.6 Å². The van der Waals surface area contributed by atoms with Gasteiger partial charge in [0.25, 0.3) is 5.91 Å². The average molecular weight is 445 g/mol. The number of rotatable bonds is 7. The molecular weight excluding hydrogens is 427 g/mol. The van der Waals surface area contributed by atoms with Crippen LogP contribution in [0.2, 0.25) is 5.02 Å². The van der Waals surface area contributed by atoms with E-state index in [1.807, 2.05) is 30.3 Å². The van der Waals surface area contributed by atoms with E-state index in [0.717, 1.165) is 5.56 Å². The number of halogens is 2. The molecule has 1 heterocycles. The van der Waals surface area contributed by atoms with Gasteiger partial charge in [-0.1, -0.05) is 53.7 Å². The first-order valence-electron chi connectivity index (χ1n) is 8.94. The predicted molar refractivity (Wildman–Crippen MR) is 115 cm³/mol. The van der Waals surface area contributed by atoms with Gasteiger partial charge in [-0.05, 0) is 36.1 Å². The highest BCUT2D eigenvalue weighted by Gasteiger charge is 2.24. The van der Waals surface area contributed by atoms with Crippen LogP contribution < -0.4 is 10.6 Å². The minimum atomic E-state index is -0.909. The molecule has 0 unspecified atom stereocenters. The summed E-state index contributed by atoms with van der Waals surface area (Å²) in [6.07, 6.45) is 3.37. The molecule has 1 atom stereocenters. The summed E-state index contributed by atoms with van der Waals surface area (Å²) in [6, 6.07) is 13.7. The van der Waals surface area contributed by atoms with Crippen molar-refractivity contribution in [2.75, 3.05) is 11.6 Å². The van der Waals surface area contributed by atoms with Crippen LogP contribution >= 0.6 is 23.4 Å². The molecule has 30 heavy (non-hydrogen) atoms. The largest absolute Gasteiger partial charge is 0.338 e. The van der Waals surface area contributed by atoms with Crippen LogP contribution in [0.4, 0.5) is 10.1 Å². The lowest BCUT2D eigenvalue weighted by Crippen LogP contribution is -2.45. The van der Waals surface area contributed by atoms with Crippen LogP contribution in [-0.2, 0) is 11.2 Å². The fraction of sp³-hybridized carbons (Fsp3) is 0.143. The first-order chi connectivity index (χ1) is 14.5. The van der Waals surface area contributed by atoms with Gasteiger partial charge in [0.2, 0.25) is 5.91 Å². The summed E-state index contributed by atoms with van der Waals surface area (Å²) in [5.41, 5.74) is 1.26. The summed E-state index contributed by atoms with van der Waals surface area (Å²) in [6.45, 7) is 0.